The van der Waals surface area contributed by atoms with Gasteiger partial charge < -0.3 is 0 Å². The molecule has 9 heteroatoms. The number of hydrogen-bond acceptors (Lipinski definition) is 0. The molecule has 0 amide bonds. The normalized spacial score (nSPS) is 8.39. The highest BCUT2D eigenvalue weighted by Gasteiger charge is 2.00. The molecule has 0 fully saturated rings. The van der Waals surface area contributed by atoms with Crippen molar-refractivity contribution in [3.05, 3.63) is 30.6 Å². The molecule has 0 saturated heterocycles. The van der Waals surface area contributed by atoms with E-state index in [1.54, 1.807) is 0 Å². The lowest BCUT2D eigenvalue weighted by atomic mass is 10.3. The van der Waals surface area contributed by atoms with Crippen molar-refractivity contribution in [2.75, 3.05) is 0 Å². The summed E-state index contributed by atoms with van der Waals surface area (Å²) in [5.74, 6) is 0. The zero-order valence-electron chi connectivity index (χ0n) is 9.88. The van der Waals surface area contributed by atoms with E-state index in [4.69, 9.17) is 60.3 Å². The summed E-state index contributed by atoms with van der Waals surface area (Å²) in [6.07, 6.45) is 6.75. The standard InChI is InChI=1S/C9H14N.2Al.6ClH/c1-2-3-7-10-8-5-4-6-9-10;;;;;;;;/h4-6,8-9H,2-3,7H2,1H3;;;6*1H/q+1;2*+3;;;;;;/p-6. The van der Waals surface area contributed by atoms with Gasteiger partial charge in [-0.2, -0.15) is 0 Å². The van der Waals surface area contributed by atoms with E-state index >= 15 is 0 Å². The Morgan fingerprint density at radius 3 is 1.56 bits per heavy atom. The first kappa shape index (κ1) is 22.2. The predicted molar refractivity (Wildman–Crippen MR) is 88.2 cm³/mol. The second kappa shape index (κ2) is 17.0. The number of aromatic nitrogens is 1. The number of unbranched alkanes of at least 4 members (excludes halogenated alkanes) is 1. The Hall–Kier alpha value is 1.95. The van der Waals surface area contributed by atoms with Gasteiger partial charge in [0.2, 0.25) is 0 Å². The third-order valence-electron chi connectivity index (χ3n) is 1.55. The van der Waals surface area contributed by atoms with E-state index in [9.17, 15) is 0 Å². The summed E-state index contributed by atoms with van der Waals surface area (Å²) >= 11 is -3.44. The maximum absolute atomic E-state index is 4.94. The molecule has 1 aromatic rings. The zero-order valence-corrected chi connectivity index (χ0v) is 16.7. The van der Waals surface area contributed by atoms with Crippen molar-refractivity contribution in [2.24, 2.45) is 0 Å². The summed E-state index contributed by atoms with van der Waals surface area (Å²) in [5.41, 5.74) is 0. The summed E-state index contributed by atoms with van der Waals surface area (Å²) in [6.45, 7) is 3.36. The van der Waals surface area contributed by atoms with E-state index in [-0.39, 0.29) is 0 Å². The fourth-order valence-corrected chi connectivity index (χ4v) is 0.924. The zero-order chi connectivity index (χ0) is 14.4. The van der Waals surface area contributed by atoms with Crippen molar-refractivity contribution in [3.8, 4) is 0 Å². The Labute approximate surface area is 143 Å². The van der Waals surface area contributed by atoms with Gasteiger partial charge in [0.15, 0.2) is 12.4 Å². The average molecular weight is 403 g/mol. The molecule has 1 aromatic heterocycles. The molecule has 0 aromatic carbocycles. The lowest BCUT2D eigenvalue weighted by Gasteiger charge is -1.91. The molecule has 102 valence electrons. The molecule has 0 aliphatic carbocycles. The fraction of sp³-hybridized carbons (Fsp3) is 0.444. The Morgan fingerprint density at radius 1 is 0.833 bits per heavy atom. The van der Waals surface area contributed by atoms with E-state index in [0.29, 0.717) is 0 Å². The van der Waals surface area contributed by atoms with Gasteiger partial charge in [-0.25, -0.2) is 64.9 Å². The second-order valence-corrected chi connectivity index (χ2v) is 15.8. The van der Waals surface area contributed by atoms with Crippen LogP contribution in [0.3, 0.4) is 0 Å². The van der Waals surface area contributed by atoms with E-state index < -0.39 is 22.8 Å². The molecule has 0 aliphatic rings. The lowest BCUT2D eigenvalue weighted by Crippen LogP contribution is -2.31. The molecular formula is C9H14Al2Cl6N+. The molecule has 0 unspecified atom stereocenters. The first-order valence-electron chi connectivity index (χ1n) is 5.18. The van der Waals surface area contributed by atoms with E-state index in [1.807, 2.05) is 6.07 Å². The largest absolute Gasteiger partial charge is 0.643 e. The Morgan fingerprint density at radius 2 is 1.22 bits per heavy atom. The van der Waals surface area contributed by atoms with Crippen molar-refractivity contribution in [2.45, 2.75) is 26.3 Å². The van der Waals surface area contributed by atoms with Crippen molar-refractivity contribution >= 4 is 83.1 Å². The van der Waals surface area contributed by atoms with Crippen molar-refractivity contribution in [3.63, 3.8) is 0 Å². The van der Waals surface area contributed by atoms with Crippen molar-refractivity contribution in [1.82, 2.24) is 0 Å². The van der Waals surface area contributed by atoms with Crippen LogP contribution in [-0.4, -0.2) is 22.8 Å². The average Bonchev–Trinajstić information content (AvgIpc) is 2.26. The maximum atomic E-state index is 4.94. The number of halogens is 6. The number of hydrogen-bond donors (Lipinski definition) is 0. The maximum Gasteiger partial charge on any atom is 0.643 e. The van der Waals surface area contributed by atoms with Crippen LogP contribution in [0.5, 0.6) is 0 Å². The summed E-state index contributed by atoms with van der Waals surface area (Å²) in [6, 6.07) is 6.17. The molecule has 0 bridgehead atoms. The van der Waals surface area contributed by atoms with Crippen LogP contribution in [0.2, 0.25) is 0 Å². The highest BCUT2D eigenvalue weighted by Crippen LogP contribution is 1.97. The molecule has 1 heterocycles. The van der Waals surface area contributed by atoms with Crippen LogP contribution >= 0.6 is 60.3 Å². The van der Waals surface area contributed by atoms with Crippen LogP contribution < -0.4 is 4.57 Å². The molecule has 0 N–H and O–H groups in total. The van der Waals surface area contributed by atoms with Crippen LogP contribution in [-0.2, 0) is 6.54 Å². The van der Waals surface area contributed by atoms with Crippen LogP contribution in [0, 0.1) is 0 Å². The van der Waals surface area contributed by atoms with Gasteiger partial charge in [-0.05, 0) is 0 Å². The van der Waals surface area contributed by atoms with Gasteiger partial charge in [0.1, 0.15) is 6.54 Å². The Balaban J connectivity index is 0. The van der Waals surface area contributed by atoms with Gasteiger partial charge in [0.05, 0.1) is 0 Å². The van der Waals surface area contributed by atoms with Crippen LogP contribution in [0.15, 0.2) is 30.6 Å². The van der Waals surface area contributed by atoms with Crippen LogP contribution in [0.25, 0.3) is 0 Å². The monoisotopic (exact) mass is 400 g/mol. The SMILES string of the molecule is CCCC[n+]1ccccc1.[Cl][Al]([Cl])[Cl].[Cl][Al]([Cl])[Cl]. The number of pyridine rings is 1. The van der Waals surface area contributed by atoms with Gasteiger partial charge in [0, 0.05) is 18.6 Å². The Kier molecular flexibility index (Phi) is 21.0. The summed E-state index contributed by atoms with van der Waals surface area (Å²) in [4.78, 5) is 0. The molecule has 0 saturated carbocycles. The van der Waals surface area contributed by atoms with Gasteiger partial charge in [0.25, 0.3) is 0 Å². The molecular weight excluding hydrogens is 389 g/mol. The van der Waals surface area contributed by atoms with E-state index in [2.05, 4.69) is 36.0 Å². The lowest BCUT2D eigenvalue weighted by molar-refractivity contribution is -0.697. The minimum absolute atomic E-state index is 1.15. The minimum Gasteiger partial charge on any atom is -0.214 e. The third kappa shape index (κ3) is 26.5. The predicted octanol–water partition coefficient (Wildman–Crippen LogP) is 5.15. The molecule has 1 rings (SSSR count). The van der Waals surface area contributed by atoms with Gasteiger partial charge in [-0.3, -0.25) is 0 Å². The first-order valence-corrected chi connectivity index (χ1v) is 15.7. The number of rotatable bonds is 3. The highest BCUT2D eigenvalue weighted by atomic mass is 35.8. The second-order valence-electron chi connectivity index (χ2n) is 2.96. The van der Waals surface area contributed by atoms with E-state index in [1.165, 1.54) is 12.8 Å². The molecule has 1 nitrogen and oxygen atoms in total. The van der Waals surface area contributed by atoms with Gasteiger partial charge in [-0.15, -0.1) is 0 Å². The molecule has 0 aliphatic heterocycles. The summed E-state index contributed by atoms with van der Waals surface area (Å²) in [5, 5.41) is 0. The number of nitrogens with zero attached hydrogens (tertiary/aromatic N) is 1. The Bertz CT molecular complexity index is 251. The minimum atomic E-state index is -1.72. The van der Waals surface area contributed by atoms with Crippen LogP contribution in [0.1, 0.15) is 19.8 Å². The van der Waals surface area contributed by atoms with Gasteiger partial charge in [-0.1, -0.05) is 19.4 Å². The highest BCUT2D eigenvalue weighted by molar-refractivity contribution is 7.54. The fourth-order valence-electron chi connectivity index (χ4n) is 0.924. The molecule has 0 spiro atoms. The topological polar surface area (TPSA) is 3.88 Å². The first-order chi connectivity index (χ1) is 8.40. The van der Waals surface area contributed by atoms with E-state index in [0.717, 1.165) is 6.54 Å². The smallest absolute Gasteiger partial charge is 0.214 e. The summed E-state index contributed by atoms with van der Waals surface area (Å²) < 4.78 is 2.21. The third-order valence-corrected chi connectivity index (χ3v) is 1.55. The molecule has 0 radical (unpaired) electrons. The van der Waals surface area contributed by atoms with Gasteiger partial charge >= 0.3 is 22.8 Å². The summed E-state index contributed by atoms with van der Waals surface area (Å²) in [7, 11) is 29.7. The molecule has 18 heavy (non-hydrogen) atoms. The number of aryl methyl sites for hydroxylation is 1. The van der Waals surface area contributed by atoms with Crippen LogP contribution in [0.4, 0.5) is 0 Å². The quantitative estimate of drug-likeness (QED) is 0.486. The van der Waals surface area contributed by atoms with Crippen molar-refractivity contribution < 1.29 is 4.57 Å². The molecule has 0 atom stereocenters. The van der Waals surface area contributed by atoms with Crippen molar-refractivity contribution in [1.29, 1.82) is 0 Å².